The van der Waals surface area contributed by atoms with Gasteiger partial charge < -0.3 is 10.0 Å². The minimum atomic E-state index is -0.876. The highest BCUT2D eigenvalue weighted by Crippen LogP contribution is 2.28. The second-order valence-electron chi connectivity index (χ2n) is 5.30. The Morgan fingerprint density at radius 2 is 1.75 bits per heavy atom. The van der Waals surface area contributed by atoms with Crippen LogP contribution >= 0.6 is 0 Å². The standard InChI is InChI=1S/C15H20N2O3/c1-2-7-16-8-10-17(11-9-16)14(18)12-5-3-4-6-13(12)15(19)20/h1,3-4,12-13H,5-11H2,(H,19,20)/t12-,13+/m1/s1. The summed E-state index contributed by atoms with van der Waals surface area (Å²) in [6, 6.07) is 0. The zero-order valence-electron chi connectivity index (χ0n) is 11.5. The Bertz CT molecular complexity index is 445. The first-order valence-electron chi connectivity index (χ1n) is 6.96. The van der Waals surface area contributed by atoms with Crippen LogP contribution in [0.3, 0.4) is 0 Å². The van der Waals surface area contributed by atoms with Crippen LogP contribution in [0.5, 0.6) is 0 Å². The van der Waals surface area contributed by atoms with Crippen LogP contribution in [0.2, 0.25) is 0 Å². The number of terminal acetylenes is 1. The smallest absolute Gasteiger partial charge is 0.307 e. The molecule has 0 spiro atoms. The van der Waals surface area contributed by atoms with Gasteiger partial charge in [0.2, 0.25) is 5.91 Å². The molecule has 0 aromatic carbocycles. The van der Waals surface area contributed by atoms with E-state index in [-0.39, 0.29) is 5.91 Å². The van der Waals surface area contributed by atoms with Gasteiger partial charge in [0.15, 0.2) is 0 Å². The lowest BCUT2D eigenvalue weighted by Gasteiger charge is -2.37. The summed E-state index contributed by atoms with van der Waals surface area (Å²) >= 11 is 0. The molecule has 1 aliphatic carbocycles. The molecule has 0 aromatic heterocycles. The Morgan fingerprint density at radius 1 is 1.15 bits per heavy atom. The Kier molecular flexibility index (Phi) is 4.80. The zero-order chi connectivity index (χ0) is 14.5. The van der Waals surface area contributed by atoms with Gasteiger partial charge in [-0.15, -0.1) is 6.42 Å². The number of hydrogen-bond donors (Lipinski definition) is 1. The molecule has 0 saturated carbocycles. The molecule has 108 valence electrons. The molecule has 2 aliphatic rings. The topological polar surface area (TPSA) is 60.9 Å². The Balaban J connectivity index is 1.96. The highest BCUT2D eigenvalue weighted by Gasteiger charge is 2.36. The molecule has 20 heavy (non-hydrogen) atoms. The van der Waals surface area contributed by atoms with Gasteiger partial charge in [-0.2, -0.15) is 0 Å². The van der Waals surface area contributed by atoms with Crippen LogP contribution in [0.25, 0.3) is 0 Å². The van der Waals surface area contributed by atoms with Crippen molar-refractivity contribution in [3.8, 4) is 12.3 Å². The Morgan fingerprint density at radius 3 is 2.30 bits per heavy atom. The Hall–Kier alpha value is -1.80. The molecule has 5 nitrogen and oxygen atoms in total. The molecule has 1 aliphatic heterocycles. The van der Waals surface area contributed by atoms with Gasteiger partial charge in [-0.1, -0.05) is 18.1 Å². The van der Waals surface area contributed by atoms with E-state index in [1.807, 2.05) is 12.2 Å². The first-order valence-corrected chi connectivity index (χ1v) is 6.96. The van der Waals surface area contributed by atoms with E-state index in [9.17, 15) is 14.7 Å². The number of allylic oxidation sites excluding steroid dienone is 2. The van der Waals surface area contributed by atoms with E-state index >= 15 is 0 Å². The van der Waals surface area contributed by atoms with E-state index in [2.05, 4.69) is 10.8 Å². The predicted molar refractivity (Wildman–Crippen MR) is 74.8 cm³/mol. The number of carboxylic acids is 1. The van der Waals surface area contributed by atoms with E-state index in [0.717, 1.165) is 13.1 Å². The Labute approximate surface area is 119 Å². The van der Waals surface area contributed by atoms with Crippen LogP contribution in [0.15, 0.2) is 12.2 Å². The van der Waals surface area contributed by atoms with Gasteiger partial charge >= 0.3 is 5.97 Å². The molecule has 2 rings (SSSR count). The predicted octanol–water partition coefficient (Wildman–Crippen LogP) is 0.431. The lowest BCUT2D eigenvalue weighted by molar-refractivity contribution is -0.151. The molecule has 2 atom stereocenters. The summed E-state index contributed by atoms with van der Waals surface area (Å²) in [4.78, 5) is 27.7. The largest absolute Gasteiger partial charge is 0.481 e. The van der Waals surface area contributed by atoms with Crippen LogP contribution in [0.1, 0.15) is 12.8 Å². The van der Waals surface area contributed by atoms with Gasteiger partial charge in [0.25, 0.3) is 0 Å². The van der Waals surface area contributed by atoms with Crippen molar-refractivity contribution in [2.24, 2.45) is 11.8 Å². The molecule has 0 bridgehead atoms. The van der Waals surface area contributed by atoms with Gasteiger partial charge in [-0.3, -0.25) is 14.5 Å². The lowest BCUT2D eigenvalue weighted by atomic mass is 9.82. The number of carboxylic acid groups (broad SMARTS) is 1. The molecule has 1 fully saturated rings. The van der Waals surface area contributed by atoms with Gasteiger partial charge in [0.1, 0.15) is 0 Å². The highest BCUT2D eigenvalue weighted by molar-refractivity contribution is 5.85. The molecule has 1 N–H and O–H groups in total. The number of rotatable bonds is 3. The summed E-state index contributed by atoms with van der Waals surface area (Å²) in [6.07, 6.45) is 10.0. The number of carbonyl (C=O) groups excluding carboxylic acids is 1. The molecule has 5 heteroatoms. The third kappa shape index (κ3) is 3.20. The second kappa shape index (κ2) is 6.58. The fourth-order valence-electron chi connectivity index (χ4n) is 2.85. The maximum absolute atomic E-state index is 12.5. The molecule has 0 radical (unpaired) electrons. The van der Waals surface area contributed by atoms with E-state index in [1.165, 1.54) is 0 Å². The number of hydrogen-bond acceptors (Lipinski definition) is 3. The summed E-state index contributed by atoms with van der Waals surface area (Å²) in [5, 5.41) is 9.23. The minimum Gasteiger partial charge on any atom is -0.481 e. The quantitative estimate of drug-likeness (QED) is 0.600. The van der Waals surface area contributed by atoms with Crippen molar-refractivity contribution in [2.45, 2.75) is 12.8 Å². The minimum absolute atomic E-state index is 0.0258. The number of nitrogens with zero attached hydrogens (tertiary/aromatic N) is 2. The fraction of sp³-hybridized carbons (Fsp3) is 0.600. The van der Waals surface area contributed by atoms with Crippen LogP contribution < -0.4 is 0 Å². The summed E-state index contributed by atoms with van der Waals surface area (Å²) in [5.74, 6) is 0.694. The van der Waals surface area contributed by atoms with E-state index in [4.69, 9.17) is 6.42 Å². The number of piperazine rings is 1. The van der Waals surface area contributed by atoms with Gasteiger partial charge in [-0.05, 0) is 12.8 Å². The van der Waals surface area contributed by atoms with Crippen molar-refractivity contribution in [3.63, 3.8) is 0 Å². The van der Waals surface area contributed by atoms with Crippen molar-refractivity contribution in [2.75, 3.05) is 32.7 Å². The summed E-state index contributed by atoms with van der Waals surface area (Å²) in [5.41, 5.74) is 0. The molecule has 1 saturated heterocycles. The first-order chi connectivity index (χ1) is 9.63. The summed E-state index contributed by atoms with van der Waals surface area (Å²) < 4.78 is 0. The van der Waals surface area contributed by atoms with Crippen molar-refractivity contribution < 1.29 is 14.7 Å². The zero-order valence-corrected chi connectivity index (χ0v) is 11.5. The van der Waals surface area contributed by atoms with Crippen LogP contribution in [-0.4, -0.2) is 59.5 Å². The van der Waals surface area contributed by atoms with E-state index in [1.54, 1.807) is 4.90 Å². The summed E-state index contributed by atoms with van der Waals surface area (Å²) in [7, 11) is 0. The van der Waals surface area contributed by atoms with Crippen LogP contribution in [0, 0.1) is 24.2 Å². The number of carbonyl (C=O) groups is 2. The average Bonchev–Trinajstić information content (AvgIpc) is 2.47. The maximum atomic E-state index is 12.5. The van der Waals surface area contributed by atoms with Crippen molar-refractivity contribution >= 4 is 11.9 Å². The van der Waals surface area contributed by atoms with Crippen LogP contribution in [-0.2, 0) is 9.59 Å². The van der Waals surface area contributed by atoms with Gasteiger partial charge in [0.05, 0.1) is 18.4 Å². The normalized spacial score (nSPS) is 27.1. The van der Waals surface area contributed by atoms with Gasteiger partial charge in [0, 0.05) is 26.2 Å². The number of aliphatic carboxylic acids is 1. The fourth-order valence-corrected chi connectivity index (χ4v) is 2.85. The first kappa shape index (κ1) is 14.6. The van der Waals surface area contributed by atoms with Crippen molar-refractivity contribution in [1.29, 1.82) is 0 Å². The molecular weight excluding hydrogens is 256 g/mol. The monoisotopic (exact) mass is 276 g/mol. The van der Waals surface area contributed by atoms with E-state index < -0.39 is 17.8 Å². The van der Waals surface area contributed by atoms with Crippen molar-refractivity contribution in [3.05, 3.63) is 12.2 Å². The third-order valence-electron chi connectivity index (χ3n) is 4.07. The molecular formula is C15H20N2O3. The highest BCUT2D eigenvalue weighted by atomic mass is 16.4. The molecule has 0 aromatic rings. The van der Waals surface area contributed by atoms with Gasteiger partial charge in [-0.25, -0.2) is 0 Å². The van der Waals surface area contributed by atoms with E-state index in [0.29, 0.717) is 32.5 Å². The molecule has 0 unspecified atom stereocenters. The molecule has 1 heterocycles. The summed E-state index contributed by atoms with van der Waals surface area (Å²) in [6.45, 7) is 3.39. The lowest BCUT2D eigenvalue weighted by Crippen LogP contribution is -2.51. The SMILES string of the molecule is C#CCN1CCN(C(=O)[C@@H]2CC=CC[C@@H]2C(=O)O)CC1. The third-order valence-corrected chi connectivity index (χ3v) is 4.07. The average molecular weight is 276 g/mol. The molecule has 1 amide bonds. The maximum Gasteiger partial charge on any atom is 0.307 e. The van der Waals surface area contributed by atoms with Crippen molar-refractivity contribution in [1.82, 2.24) is 9.80 Å². The second-order valence-corrected chi connectivity index (χ2v) is 5.30. The number of amides is 1. The van der Waals surface area contributed by atoms with Crippen LogP contribution in [0.4, 0.5) is 0 Å².